The van der Waals surface area contributed by atoms with Crippen LogP contribution >= 0.6 is 11.6 Å². The molecule has 1 heterocycles. The summed E-state index contributed by atoms with van der Waals surface area (Å²) < 4.78 is 10.3. The largest absolute Gasteiger partial charge is 0.454 e. The lowest BCUT2D eigenvalue weighted by Crippen LogP contribution is -2.13. The molecule has 3 rings (SSSR count). The molecule has 0 saturated carbocycles. The van der Waals surface area contributed by atoms with Crippen LogP contribution in [0.15, 0.2) is 35.9 Å². The number of carbonyl (C=O) groups is 1. The molecule has 0 unspecified atom stereocenters. The van der Waals surface area contributed by atoms with E-state index in [2.05, 4.69) is 5.32 Å². The number of nitrogens with one attached hydrogen (secondary N) is 1. The molecule has 0 bridgehead atoms. The number of hydrogen-bond donors (Lipinski definition) is 1. The number of nitrogens with zero attached hydrogens (tertiary/aromatic N) is 2. The predicted molar refractivity (Wildman–Crippen MR) is 97.6 cm³/mol. The van der Waals surface area contributed by atoms with Crippen LogP contribution in [-0.4, -0.2) is 17.6 Å². The first-order chi connectivity index (χ1) is 12.9. The smallest absolute Gasteiger partial charge is 0.280 e. The second-order valence-electron chi connectivity index (χ2n) is 5.61. The van der Waals surface area contributed by atoms with Crippen molar-refractivity contribution in [1.82, 2.24) is 0 Å². The second-order valence-corrected chi connectivity index (χ2v) is 6.02. The molecule has 27 heavy (non-hydrogen) atoms. The van der Waals surface area contributed by atoms with E-state index in [4.69, 9.17) is 21.1 Å². The van der Waals surface area contributed by atoms with Crippen LogP contribution in [0.25, 0.3) is 6.08 Å². The number of ether oxygens (including phenoxy) is 2. The second kappa shape index (κ2) is 7.35. The summed E-state index contributed by atoms with van der Waals surface area (Å²) in [4.78, 5) is 23.1. The Labute approximate surface area is 158 Å². The molecule has 1 aliphatic heterocycles. The molecule has 0 fully saturated rings. The molecule has 1 aliphatic rings. The average Bonchev–Trinajstić information content (AvgIpc) is 3.09. The summed E-state index contributed by atoms with van der Waals surface area (Å²) in [5.41, 5.74) is 0.670. The molecule has 2 aromatic rings. The molecule has 0 saturated heterocycles. The molecular weight excluding hydrogens is 374 g/mol. The number of amides is 1. The van der Waals surface area contributed by atoms with Gasteiger partial charge < -0.3 is 14.8 Å². The fraction of sp³-hybridized carbons (Fsp3) is 0.111. The number of nitro groups is 1. The van der Waals surface area contributed by atoms with Crippen molar-refractivity contribution in [3.05, 3.63) is 62.2 Å². The fourth-order valence-electron chi connectivity index (χ4n) is 2.39. The lowest BCUT2D eigenvalue weighted by molar-refractivity contribution is -0.385. The third-order valence-electron chi connectivity index (χ3n) is 3.81. The van der Waals surface area contributed by atoms with E-state index in [1.54, 1.807) is 24.3 Å². The number of nitriles is 1. The number of anilines is 1. The van der Waals surface area contributed by atoms with Gasteiger partial charge in [-0.1, -0.05) is 17.7 Å². The Bertz CT molecular complexity index is 1030. The van der Waals surface area contributed by atoms with Gasteiger partial charge in [-0.05, 0) is 36.8 Å². The summed E-state index contributed by atoms with van der Waals surface area (Å²) in [5, 5.41) is 23.6. The summed E-state index contributed by atoms with van der Waals surface area (Å²) in [6.07, 6.45) is 1.13. The Morgan fingerprint density at radius 3 is 2.67 bits per heavy atom. The first-order valence-electron chi connectivity index (χ1n) is 7.66. The highest BCUT2D eigenvalue weighted by atomic mass is 35.5. The maximum Gasteiger partial charge on any atom is 0.280 e. The normalized spacial score (nSPS) is 12.4. The maximum atomic E-state index is 12.4. The van der Waals surface area contributed by atoms with Crippen LogP contribution in [0.4, 0.5) is 11.4 Å². The van der Waals surface area contributed by atoms with Crippen LogP contribution < -0.4 is 14.8 Å². The zero-order valence-electron chi connectivity index (χ0n) is 14.0. The van der Waals surface area contributed by atoms with Crippen LogP contribution in [0, 0.1) is 28.4 Å². The van der Waals surface area contributed by atoms with Gasteiger partial charge >= 0.3 is 0 Å². The lowest BCUT2D eigenvalue weighted by Gasteiger charge is -2.06. The minimum absolute atomic E-state index is 0.0536. The van der Waals surface area contributed by atoms with E-state index in [-0.39, 0.29) is 29.4 Å². The van der Waals surface area contributed by atoms with Crippen LogP contribution in [0.1, 0.15) is 11.1 Å². The summed E-state index contributed by atoms with van der Waals surface area (Å²) in [6, 6.07) is 9.21. The highest BCUT2D eigenvalue weighted by Crippen LogP contribution is 2.38. The van der Waals surface area contributed by atoms with E-state index in [1.165, 1.54) is 12.1 Å². The van der Waals surface area contributed by atoms with E-state index < -0.39 is 10.8 Å². The number of benzene rings is 2. The molecular formula is C18H12ClN3O5. The predicted octanol–water partition coefficient (Wildman–Crippen LogP) is 3.83. The van der Waals surface area contributed by atoms with E-state index in [0.29, 0.717) is 16.5 Å². The highest BCUT2D eigenvalue weighted by molar-refractivity contribution is 6.31. The molecule has 9 heteroatoms. The number of fused-ring (bicyclic) bond motifs is 1. The molecule has 8 nitrogen and oxygen atoms in total. The molecule has 0 atom stereocenters. The minimum atomic E-state index is -0.718. The third-order valence-corrected chi connectivity index (χ3v) is 4.22. The Morgan fingerprint density at radius 1 is 1.33 bits per heavy atom. The van der Waals surface area contributed by atoms with Gasteiger partial charge in [0.05, 0.1) is 16.6 Å². The zero-order valence-corrected chi connectivity index (χ0v) is 14.7. The number of rotatable bonds is 4. The van der Waals surface area contributed by atoms with E-state index in [1.807, 2.05) is 6.92 Å². The third kappa shape index (κ3) is 3.83. The molecule has 1 N–H and O–H groups in total. The molecule has 0 aromatic heterocycles. The molecule has 0 radical (unpaired) electrons. The van der Waals surface area contributed by atoms with Gasteiger partial charge in [0.2, 0.25) is 6.79 Å². The van der Waals surface area contributed by atoms with Gasteiger partial charge in [0.1, 0.15) is 11.6 Å². The lowest BCUT2D eigenvalue weighted by atomic mass is 10.1. The first-order valence-corrected chi connectivity index (χ1v) is 8.04. The standard InChI is InChI=1S/C18H12ClN3O5/c1-10-2-3-13(6-14(10)19)21-18(23)12(8-20)4-11-5-16-17(27-9-26-16)7-15(11)22(24)25/h2-7H,9H2,1H3,(H,21,23)/b12-4+. The van der Waals surface area contributed by atoms with Gasteiger partial charge in [-0.3, -0.25) is 14.9 Å². The summed E-state index contributed by atoms with van der Waals surface area (Å²) >= 11 is 6.02. The fourth-order valence-corrected chi connectivity index (χ4v) is 2.57. The summed E-state index contributed by atoms with van der Waals surface area (Å²) in [7, 11) is 0. The molecule has 1 amide bonds. The first kappa shape index (κ1) is 18.2. The SMILES string of the molecule is Cc1ccc(NC(=O)/C(C#N)=C/c2cc3c(cc2[N+](=O)[O-])OCO3)cc1Cl. The van der Waals surface area contributed by atoms with Gasteiger partial charge in [-0.25, -0.2) is 0 Å². The summed E-state index contributed by atoms with van der Waals surface area (Å²) in [6.45, 7) is 1.76. The van der Waals surface area contributed by atoms with E-state index >= 15 is 0 Å². The van der Waals surface area contributed by atoms with Crippen molar-refractivity contribution in [2.24, 2.45) is 0 Å². The Balaban J connectivity index is 1.94. The molecule has 0 aliphatic carbocycles. The van der Waals surface area contributed by atoms with Gasteiger partial charge in [0.25, 0.3) is 11.6 Å². The monoisotopic (exact) mass is 385 g/mol. The maximum absolute atomic E-state index is 12.4. The number of hydrogen-bond acceptors (Lipinski definition) is 6. The van der Waals surface area contributed by atoms with Crippen molar-refractivity contribution in [3.8, 4) is 17.6 Å². The minimum Gasteiger partial charge on any atom is -0.454 e. The molecule has 136 valence electrons. The van der Waals surface area contributed by atoms with E-state index in [0.717, 1.165) is 11.6 Å². The Morgan fingerprint density at radius 2 is 2.04 bits per heavy atom. The Kier molecular flexibility index (Phi) is 4.96. The van der Waals surface area contributed by atoms with Gasteiger partial charge in [0, 0.05) is 10.7 Å². The number of nitro benzene ring substituents is 1. The van der Waals surface area contributed by atoms with Crippen molar-refractivity contribution in [3.63, 3.8) is 0 Å². The molecule has 0 spiro atoms. The Hall–Kier alpha value is -3.57. The topological polar surface area (TPSA) is 114 Å². The van der Waals surface area contributed by atoms with Crippen molar-refractivity contribution in [1.29, 1.82) is 5.26 Å². The van der Waals surface area contributed by atoms with Crippen LogP contribution in [0.2, 0.25) is 5.02 Å². The van der Waals surface area contributed by atoms with Crippen molar-refractivity contribution in [2.75, 3.05) is 12.1 Å². The zero-order chi connectivity index (χ0) is 19.6. The van der Waals surface area contributed by atoms with Crippen LogP contribution in [0.3, 0.4) is 0 Å². The number of carbonyl (C=O) groups excluding carboxylic acids is 1. The van der Waals surface area contributed by atoms with Crippen LogP contribution in [0.5, 0.6) is 11.5 Å². The number of halogens is 1. The van der Waals surface area contributed by atoms with Crippen LogP contribution in [-0.2, 0) is 4.79 Å². The van der Waals surface area contributed by atoms with Gasteiger partial charge in [0.15, 0.2) is 11.5 Å². The average molecular weight is 386 g/mol. The van der Waals surface area contributed by atoms with Crippen molar-refractivity contribution >= 4 is 35.0 Å². The van der Waals surface area contributed by atoms with Gasteiger partial charge in [-0.2, -0.15) is 5.26 Å². The van der Waals surface area contributed by atoms with Crippen molar-refractivity contribution < 1.29 is 19.2 Å². The van der Waals surface area contributed by atoms with E-state index in [9.17, 15) is 20.2 Å². The quantitative estimate of drug-likeness (QED) is 0.370. The molecule has 2 aromatic carbocycles. The van der Waals surface area contributed by atoms with Crippen molar-refractivity contribution in [2.45, 2.75) is 6.92 Å². The van der Waals surface area contributed by atoms with Gasteiger partial charge in [-0.15, -0.1) is 0 Å². The highest BCUT2D eigenvalue weighted by Gasteiger charge is 2.23. The summed E-state index contributed by atoms with van der Waals surface area (Å²) in [5.74, 6) is -0.185. The number of aryl methyl sites for hydroxylation is 1.